The molecule has 0 bridgehead atoms. The first kappa shape index (κ1) is 17.5. The molecule has 132 valence electrons. The van der Waals surface area contributed by atoms with E-state index in [9.17, 15) is 9.90 Å². The summed E-state index contributed by atoms with van der Waals surface area (Å²) in [5.74, 6) is -0.489. The van der Waals surface area contributed by atoms with Gasteiger partial charge in [-0.2, -0.15) is 4.98 Å². The lowest BCUT2D eigenvalue weighted by Crippen LogP contribution is -2.15. The maximum absolute atomic E-state index is 10.8. The molecule has 1 aromatic heterocycles. The average molecular weight is 371 g/mol. The number of carboxylic acid groups (broad SMARTS) is 1. The van der Waals surface area contributed by atoms with Crippen molar-refractivity contribution in [2.75, 3.05) is 17.2 Å². The van der Waals surface area contributed by atoms with Crippen LogP contribution in [-0.4, -0.2) is 32.7 Å². The van der Waals surface area contributed by atoms with Gasteiger partial charge in [-0.3, -0.25) is 4.79 Å². The molecule has 0 amide bonds. The van der Waals surface area contributed by atoms with Gasteiger partial charge < -0.3 is 20.8 Å². The van der Waals surface area contributed by atoms with E-state index < -0.39 is 5.97 Å². The van der Waals surface area contributed by atoms with Gasteiger partial charge in [0.2, 0.25) is 5.95 Å². The molecule has 0 fully saturated rings. The molecular weight excluding hydrogens is 356 g/mol. The lowest BCUT2D eigenvalue weighted by molar-refractivity contribution is -0.134. The molecule has 8 heteroatoms. The zero-order valence-corrected chi connectivity index (χ0v) is 14.2. The second-order valence-corrected chi connectivity index (χ2v) is 5.80. The Morgan fingerprint density at radius 1 is 1.08 bits per heavy atom. The monoisotopic (exact) mass is 370 g/mol. The first-order chi connectivity index (χ1) is 12.5. The van der Waals surface area contributed by atoms with Crippen molar-refractivity contribution in [3.63, 3.8) is 0 Å². The highest BCUT2D eigenvalue weighted by Crippen LogP contribution is 2.30. The van der Waals surface area contributed by atoms with Gasteiger partial charge in [0.05, 0.1) is 11.4 Å². The Kier molecular flexibility index (Phi) is 5.19. The molecule has 0 saturated heterocycles. The third kappa shape index (κ3) is 4.40. The highest BCUT2D eigenvalue weighted by Gasteiger charge is 2.10. The second kappa shape index (κ2) is 7.71. The molecule has 3 aromatic rings. The largest absolute Gasteiger partial charge is 0.506 e. The van der Waals surface area contributed by atoms with Crippen molar-refractivity contribution in [3.05, 3.63) is 59.6 Å². The topological polar surface area (TPSA) is 107 Å². The van der Waals surface area contributed by atoms with Crippen LogP contribution in [0.3, 0.4) is 0 Å². The van der Waals surface area contributed by atoms with Crippen molar-refractivity contribution in [2.24, 2.45) is 0 Å². The number of phenolic OH excluding ortho intramolecular Hbond substituents is 1. The molecule has 0 aliphatic heterocycles. The van der Waals surface area contributed by atoms with E-state index in [2.05, 4.69) is 20.6 Å². The molecule has 4 N–H and O–H groups in total. The fraction of sp³-hybridized carbons (Fsp3) is 0.0556. The van der Waals surface area contributed by atoms with Crippen LogP contribution in [0.2, 0.25) is 5.02 Å². The Balaban J connectivity index is 1.98. The minimum absolute atomic E-state index is 0.00863. The summed E-state index contributed by atoms with van der Waals surface area (Å²) in [6, 6.07) is 15.7. The van der Waals surface area contributed by atoms with Crippen molar-refractivity contribution >= 4 is 35.0 Å². The number of phenols is 1. The summed E-state index contributed by atoms with van der Waals surface area (Å²) in [7, 11) is 0. The lowest BCUT2D eigenvalue weighted by atomic mass is 10.1. The third-order valence-electron chi connectivity index (χ3n) is 3.41. The zero-order chi connectivity index (χ0) is 18.5. The molecule has 0 aliphatic rings. The number of hydrogen-bond acceptors (Lipinski definition) is 6. The lowest BCUT2D eigenvalue weighted by Gasteiger charge is -2.12. The number of nitrogens with zero attached hydrogens (tertiary/aromatic N) is 2. The summed E-state index contributed by atoms with van der Waals surface area (Å²) in [5, 5.41) is 24.9. The number of carbonyl (C=O) groups is 1. The van der Waals surface area contributed by atoms with Crippen LogP contribution >= 0.6 is 11.6 Å². The number of aliphatic carboxylic acids is 1. The zero-order valence-electron chi connectivity index (χ0n) is 13.5. The Morgan fingerprint density at radius 2 is 1.85 bits per heavy atom. The van der Waals surface area contributed by atoms with Gasteiger partial charge in [-0.15, -0.1) is 0 Å². The summed E-state index contributed by atoms with van der Waals surface area (Å²) < 4.78 is 0. The van der Waals surface area contributed by atoms with Crippen LogP contribution in [0.4, 0.5) is 17.5 Å². The van der Waals surface area contributed by atoms with E-state index in [4.69, 9.17) is 16.7 Å². The smallest absolute Gasteiger partial charge is 0.322 e. The summed E-state index contributed by atoms with van der Waals surface area (Å²) in [5.41, 5.74) is 1.81. The number of carboxylic acids is 1. The van der Waals surface area contributed by atoms with E-state index in [1.54, 1.807) is 18.2 Å². The first-order valence-electron chi connectivity index (χ1n) is 7.67. The minimum Gasteiger partial charge on any atom is -0.506 e. The Labute approximate surface area is 154 Å². The number of hydrogen-bond donors (Lipinski definition) is 4. The number of rotatable bonds is 6. The summed E-state index contributed by atoms with van der Waals surface area (Å²) >= 11 is 5.96. The summed E-state index contributed by atoms with van der Waals surface area (Å²) in [6.07, 6.45) is 0. The molecule has 0 spiro atoms. The Hall–Kier alpha value is -3.32. The molecule has 0 atom stereocenters. The van der Waals surface area contributed by atoms with E-state index in [1.807, 2.05) is 30.3 Å². The quantitative estimate of drug-likeness (QED) is 0.489. The van der Waals surface area contributed by atoms with E-state index in [0.29, 0.717) is 22.2 Å². The molecule has 0 radical (unpaired) electrons. The molecule has 0 unspecified atom stereocenters. The Morgan fingerprint density at radius 3 is 2.58 bits per heavy atom. The van der Waals surface area contributed by atoms with Crippen LogP contribution in [0.25, 0.3) is 11.3 Å². The van der Waals surface area contributed by atoms with E-state index in [0.717, 1.165) is 5.56 Å². The molecule has 3 rings (SSSR count). The molecule has 26 heavy (non-hydrogen) atoms. The maximum atomic E-state index is 10.8. The van der Waals surface area contributed by atoms with Crippen molar-refractivity contribution in [1.82, 2.24) is 9.97 Å². The van der Waals surface area contributed by atoms with Crippen LogP contribution in [0.5, 0.6) is 5.75 Å². The van der Waals surface area contributed by atoms with Gasteiger partial charge in [0, 0.05) is 16.7 Å². The number of aromatic nitrogens is 2. The fourth-order valence-electron chi connectivity index (χ4n) is 2.25. The maximum Gasteiger partial charge on any atom is 0.322 e. The highest BCUT2D eigenvalue weighted by molar-refractivity contribution is 6.31. The molecule has 1 heterocycles. The van der Waals surface area contributed by atoms with Gasteiger partial charge in [-0.1, -0.05) is 41.9 Å². The van der Waals surface area contributed by atoms with Crippen LogP contribution < -0.4 is 10.6 Å². The molecular formula is C18H15ClN4O3. The fourth-order valence-corrected chi connectivity index (χ4v) is 2.42. The van der Waals surface area contributed by atoms with E-state index in [1.165, 1.54) is 6.07 Å². The standard InChI is InChI=1S/C18H15ClN4O3/c19-12-6-7-15(24)14(8-12)21-16-9-13(11-4-2-1-3-5-11)22-18(23-16)20-10-17(25)26/h1-9,24H,10H2,(H,25,26)(H2,20,21,22,23). The molecule has 7 nitrogen and oxygen atoms in total. The van der Waals surface area contributed by atoms with Crippen LogP contribution in [0.15, 0.2) is 54.6 Å². The molecule has 2 aromatic carbocycles. The van der Waals surface area contributed by atoms with Gasteiger partial charge >= 0.3 is 5.97 Å². The van der Waals surface area contributed by atoms with Crippen LogP contribution in [0, 0.1) is 0 Å². The van der Waals surface area contributed by atoms with Crippen LogP contribution in [-0.2, 0) is 4.79 Å². The summed E-state index contributed by atoms with van der Waals surface area (Å²) in [4.78, 5) is 19.4. The predicted octanol–water partition coefficient (Wildman–Crippen LogP) is 3.74. The first-order valence-corrected chi connectivity index (χ1v) is 8.05. The highest BCUT2D eigenvalue weighted by atomic mass is 35.5. The van der Waals surface area contributed by atoms with Gasteiger partial charge in [0.1, 0.15) is 18.1 Å². The second-order valence-electron chi connectivity index (χ2n) is 5.36. The number of halogens is 1. The van der Waals surface area contributed by atoms with Crippen molar-refractivity contribution in [2.45, 2.75) is 0 Å². The van der Waals surface area contributed by atoms with Gasteiger partial charge in [-0.25, -0.2) is 4.98 Å². The van der Waals surface area contributed by atoms with Crippen LogP contribution in [0.1, 0.15) is 0 Å². The molecule has 0 saturated carbocycles. The van der Waals surface area contributed by atoms with Crippen molar-refractivity contribution in [1.29, 1.82) is 0 Å². The summed E-state index contributed by atoms with van der Waals surface area (Å²) in [6.45, 7) is -0.319. The van der Waals surface area contributed by atoms with E-state index in [-0.39, 0.29) is 18.2 Å². The SMILES string of the molecule is O=C(O)CNc1nc(Nc2cc(Cl)ccc2O)cc(-c2ccccc2)n1. The number of anilines is 3. The number of benzene rings is 2. The minimum atomic E-state index is -1.03. The predicted molar refractivity (Wildman–Crippen MR) is 100.0 cm³/mol. The van der Waals surface area contributed by atoms with Gasteiger partial charge in [0.25, 0.3) is 0 Å². The average Bonchev–Trinajstić information content (AvgIpc) is 2.63. The Bertz CT molecular complexity index is 935. The number of aromatic hydroxyl groups is 1. The van der Waals surface area contributed by atoms with Gasteiger partial charge in [-0.05, 0) is 18.2 Å². The third-order valence-corrected chi connectivity index (χ3v) is 3.65. The van der Waals surface area contributed by atoms with E-state index >= 15 is 0 Å². The van der Waals surface area contributed by atoms with Crippen molar-refractivity contribution in [3.8, 4) is 17.0 Å². The molecule has 0 aliphatic carbocycles. The van der Waals surface area contributed by atoms with Crippen molar-refractivity contribution < 1.29 is 15.0 Å². The number of nitrogens with one attached hydrogen (secondary N) is 2. The van der Waals surface area contributed by atoms with Gasteiger partial charge in [0.15, 0.2) is 0 Å². The normalized spacial score (nSPS) is 10.3.